The van der Waals surface area contributed by atoms with Crippen molar-refractivity contribution in [1.29, 1.82) is 0 Å². The van der Waals surface area contributed by atoms with Gasteiger partial charge in [0.25, 0.3) is 0 Å². The highest BCUT2D eigenvalue weighted by molar-refractivity contribution is 5.91. The first-order valence-corrected chi connectivity index (χ1v) is 6.20. The van der Waals surface area contributed by atoms with Crippen molar-refractivity contribution in [3.63, 3.8) is 0 Å². The van der Waals surface area contributed by atoms with Crippen molar-refractivity contribution in [2.45, 2.75) is 6.67 Å². The topological polar surface area (TPSA) is 75.2 Å². The zero-order valence-electron chi connectivity index (χ0n) is 10.8. The van der Waals surface area contributed by atoms with Crippen molar-refractivity contribution < 1.29 is 19.0 Å². The van der Waals surface area contributed by atoms with Crippen molar-refractivity contribution in [1.82, 2.24) is 9.97 Å². The van der Waals surface area contributed by atoms with Crippen LogP contribution in [0.5, 0.6) is 11.5 Å². The summed E-state index contributed by atoms with van der Waals surface area (Å²) < 4.78 is 18.3. The number of rotatable bonds is 4. The van der Waals surface area contributed by atoms with E-state index in [9.17, 15) is 9.18 Å². The Balaban J connectivity index is 2.00. The molecular weight excluding hydrogens is 275 g/mol. The first-order valence-electron chi connectivity index (χ1n) is 6.20. The number of aromatic nitrogens is 2. The van der Waals surface area contributed by atoms with Crippen LogP contribution in [0.2, 0.25) is 0 Å². The molecule has 0 radical (unpaired) electrons. The quantitative estimate of drug-likeness (QED) is 0.769. The number of carboxylic acid groups (broad SMARTS) is 1. The number of halogens is 1. The fourth-order valence-corrected chi connectivity index (χ4v) is 2.01. The molecule has 0 aliphatic carbocycles. The van der Waals surface area contributed by atoms with E-state index in [-0.39, 0.29) is 11.3 Å². The van der Waals surface area contributed by atoms with E-state index in [1.54, 1.807) is 12.3 Å². The zero-order valence-corrected chi connectivity index (χ0v) is 10.8. The average Bonchev–Trinajstić information content (AvgIpc) is 2.94. The van der Waals surface area contributed by atoms with Crippen LogP contribution in [0.4, 0.5) is 4.39 Å². The fourth-order valence-electron chi connectivity index (χ4n) is 2.01. The van der Waals surface area contributed by atoms with Crippen LogP contribution < -0.4 is 4.74 Å². The van der Waals surface area contributed by atoms with Gasteiger partial charge in [-0.1, -0.05) is 6.07 Å². The lowest BCUT2D eigenvalue weighted by molar-refractivity contribution is 0.0694. The second kappa shape index (κ2) is 5.24. The Morgan fingerprint density at radius 1 is 1.33 bits per heavy atom. The number of hydrogen-bond donors (Lipinski definition) is 2. The van der Waals surface area contributed by atoms with Crippen molar-refractivity contribution >= 4 is 17.0 Å². The van der Waals surface area contributed by atoms with Crippen molar-refractivity contribution in [2.75, 3.05) is 0 Å². The number of nitrogens with one attached hydrogen (secondary N) is 1. The van der Waals surface area contributed by atoms with Gasteiger partial charge in [0.05, 0.1) is 6.20 Å². The standard InChI is InChI=1S/C15H11FN2O3/c16-7-9-1-2-12(15(19)20)13(5-9)21-11-6-10-3-4-17-14(10)18-8-11/h1-6,8H,7H2,(H,17,18)(H,19,20). The van der Waals surface area contributed by atoms with Gasteiger partial charge in [0, 0.05) is 11.6 Å². The van der Waals surface area contributed by atoms with E-state index in [0.29, 0.717) is 17.0 Å². The van der Waals surface area contributed by atoms with Crippen LogP contribution in [-0.2, 0) is 6.67 Å². The Hall–Kier alpha value is -2.89. The number of H-pyrrole nitrogens is 1. The molecule has 0 saturated carbocycles. The summed E-state index contributed by atoms with van der Waals surface area (Å²) in [6, 6.07) is 7.68. The molecule has 6 heteroatoms. The number of hydrogen-bond acceptors (Lipinski definition) is 3. The summed E-state index contributed by atoms with van der Waals surface area (Å²) in [6.45, 7) is -0.689. The first kappa shape index (κ1) is 13.1. The second-order valence-corrected chi connectivity index (χ2v) is 4.46. The van der Waals surface area contributed by atoms with E-state index in [1.807, 2.05) is 6.07 Å². The molecule has 1 aromatic carbocycles. The van der Waals surface area contributed by atoms with Gasteiger partial charge in [0.15, 0.2) is 0 Å². The summed E-state index contributed by atoms with van der Waals surface area (Å²) in [6.07, 6.45) is 3.22. The van der Waals surface area contributed by atoms with Crippen molar-refractivity contribution in [3.05, 3.63) is 53.9 Å². The van der Waals surface area contributed by atoms with Crippen LogP contribution in [0.25, 0.3) is 11.0 Å². The van der Waals surface area contributed by atoms with Gasteiger partial charge < -0.3 is 14.8 Å². The fraction of sp³-hybridized carbons (Fsp3) is 0.0667. The highest BCUT2D eigenvalue weighted by Gasteiger charge is 2.13. The Bertz CT molecular complexity index is 814. The molecule has 0 bridgehead atoms. The number of alkyl halides is 1. The molecule has 2 aromatic heterocycles. The largest absolute Gasteiger partial charge is 0.478 e. The number of nitrogens with zero attached hydrogens (tertiary/aromatic N) is 1. The maximum absolute atomic E-state index is 12.7. The van der Waals surface area contributed by atoms with Crippen LogP contribution in [0, 0.1) is 0 Å². The molecule has 2 N–H and O–H groups in total. The molecule has 3 rings (SSSR count). The van der Waals surface area contributed by atoms with Gasteiger partial charge in [0.1, 0.15) is 29.4 Å². The molecule has 21 heavy (non-hydrogen) atoms. The third kappa shape index (κ3) is 2.55. The molecule has 0 unspecified atom stereocenters. The lowest BCUT2D eigenvalue weighted by Gasteiger charge is -2.09. The highest BCUT2D eigenvalue weighted by Crippen LogP contribution is 2.28. The minimum atomic E-state index is -1.13. The van der Waals surface area contributed by atoms with E-state index in [0.717, 1.165) is 5.39 Å². The molecule has 0 aliphatic rings. The maximum atomic E-state index is 12.7. The number of carbonyl (C=O) groups is 1. The normalized spacial score (nSPS) is 10.7. The Morgan fingerprint density at radius 3 is 2.95 bits per heavy atom. The van der Waals surface area contributed by atoms with Gasteiger partial charge in [-0.25, -0.2) is 14.2 Å². The molecule has 0 amide bonds. The summed E-state index contributed by atoms with van der Waals surface area (Å²) in [5.74, 6) is -0.652. The second-order valence-electron chi connectivity index (χ2n) is 4.46. The zero-order chi connectivity index (χ0) is 14.8. The third-order valence-corrected chi connectivity index (χ3v) is 3.03. The van der Waals surface area contributed by atoms with Crippen LogP contribution >= 0.6 is 0 Å². The number of ether oxygens (including phenoxy) is 1. The average molecular weight is 286 g/mol. The molecule has 0 spiro atoms. The summed E-state index contributed by atoms with van der Waals surface area (Å²) >= 11 is 0. The SMILES string of the molecule is O=C(O)c1ccc(CF)cc1Oc1cnc2[nH]ccc2c1. The summed E-state index contributed by atoms with van der Waals surface area (Å²) in [5, 5.41) is 9.99. The lowest BCUT2D eigenvalue weighted by Crippen LogP contribution is -2.01. The number of aromatic amines is 1. The number of fused-ring (bicyclic) bond motifs is 1. The number of carboxylic acids is 1. The first-order chi connectivity index (χ1) is 10.2. The summed E-state index contributed by atoms with van der Waals surface area (Å²) in [7, 11) is 0. The maximum Gasteiger partial charge on any atom is 0.339 e. The molecule has 5 nitrogen and oxygen atoms in total. The van der Waals surface area contributed by atoms with Crippen molar-refractivity contribution in [3.8, 4) is 11.5 Å². The van der Waals surface area contributed by atoms with Gasteiger partial charge in [0.2, 0.25) is 0 Å². The monoisotopic (exact) mass is 286 g/mol. The van der Waals surface area contributed by atoms with E-state index < -0.39 is 12.6 Å². The highest BCUT2D eigenvalue weighted by atomic mass is 19.1. The molecule has 0 saturated heterocycles. The van der Waals surface area contributed by atoms with E-state index >= 15 is 0 Å². The Morgan fingerprint density at radius 2 is 2.19 bits per heavy atom. The molecule has 0 fully saturated rings. The van der Waals surface area contributed by atoms with E-state index in [1.165, 1.54) is 24.4 Å². The molecule has 106 valence electrons. The van der Waals surface area contributed by atoms with Gasteiger partial charge in [-0.3, -0.25) is 0 Å². The lowest BCUT2D eigenvalue weighted by atomic mass is 10.1. The van der Waals surface area contributed by atoms with Crippen LogP contribution in [0.15, 0.2) is 42.7 Å². The molecule has 0 atom stereocenters. The van der Waals surface area contributed by atoms with Gasteiger partial charge in [-0.15, -0.1) is 0 Å². The van der Waals surface area contributed by atoms with Crippen LogP contribution in [-0.4, -0.2) is 21.0 Å². The summed E-state index contributed by atoms with van der Waals surface area (Å²) in [4.78, 5) is 18.3. The van der Waals surface area contributed by atoms with Gasteiger partial charge >= 0.3 is 5.97 Å². The minimum Gasteiger partial charge on any atom is -0.478 e. The van der Waals surface area contributed by atoms with Gasteiger partial charge in [-0.05, 0) is 29.8 Å². The predicted octanol–water partition coefficient (Wildman–Crippen LogP) is 3.52. The van der Waals surface area contributed by atoms with Gasteiger partial charge in [-0.2, -0.15) is 0 Å². The number of pyridine rings is 1. The Labute approximate surface area is 119 Å². The van der Waals surface area contributed by atoms with Crippen LogP contribution in [0.1, 0.15) is 15.9 Å². The van der Waals surface area contributed by atoms with E-state index in [2.05, 4.69) is 9.97 Å². The van der Waals surface area contributed by atoms with E-state index in [4.69, 9.17) is 9.84 Å². The predicted molar refractivity (Wildman–Crippen MR) is 74.4 cm³/mol. The van der Waals surface area contributed by atoms with Crippen LogP contribution in [0.3, 0.4) is 0 Å². The third-order valence-electron chi connectivity index (χ3n) is 3.03. The Kier molecular flexibility index (Phi) is 3.27. The summed E-state index contributed by atoms with van der Waals surface area (Å²) in [5.41, 5.74) is 1.03. The van der Waals surface area contributed by atoms with Crippen molar-refractivity contribution in [2.24, 2.45) is 0 Å². The smallest absolute Gasteiger partial charge is 0.339 e. The molecule has 2 heterocycles. The molecular formula is C15H11FN2O3. The number of benzene rings is 1. The number of aromatic carboxylic acids is 1. The molecule has 0 aliphatic heterocycles. The molecule has 3 aromatic rings. The minimum absolute atomic E-state index is 0.0265.